The van der Waals surface area contributed by atoms with E-state index in [1.165, 1.54) is 33.4 Å². The fourth-order valence-corrected chi connectivity index (χ4v) is 7.33. The summed E-state index contributed by atoms with van der Waals surface area (Å²) >= 11 is 0. The summed E-state index contributed by atoms with van der Waals surface area (Å²) in [7, 11) is 0. The molecular weight excluding hydrogens is 572 g/mol. The van der Waals surface area contributed by atoms with Crippen LogP contribution in [0, 0.1) is 0 Å². The molecule has 0 saturated carbocycles. The van der Waals surface area contributed by atoms with Crippen LogP contribution < -0.4 is 4.90 Å². The molecule has 0 saturated heterocycles. The maximum atomic E-state index is 6.39. The highest BCUT2D eigenvalue weighted by Crippen LogP contribution is 2.51. The Balaban J connectivity index is 1.24. The van der Waals surface area contributed by atoms with E-state index in [-0.39, 0.29) is 5.41 Å². The van der Waals surface area contributed by atoms with Crippen molar-refractivity contribution < 1.29 is 4.42 Å². The average Bonchev–Trinajstić information content (AvgIpc) is 3.66. The summed E-state index contributed by atoms with van der Waals surface area (Å²) in [5.74, 6) is 0.636. The van der Waals surface area contributed by atoms with Gasteiger partial charge in [0.15, 0.2) is 5.58 Å². The van der Waals surface area contributed by atoms with Crippen molar-refractivity contribution in [2.24, 2.45) is 0 Å². The minimum atomic E-state index is -0.107. The molecule has 8 aromatic rings. The van der Waals surface area contributed by atoms with Gasteiger partial charge < -0.3 is 9.32 Å². The van der Waals surface area contributed by atoms with Crippen LogP contribution in [0.1, 0.15) is 25.0 Å². The van der Waals surface area contributed by atoms with Crippen molar-refractivity contribution in [3.8, 4) is 33.7 Å². The molecular formula is C44H32N2O. The van der Waals surface area contributed by atoms with E-state index in [2.05, 4.69) is 146 Å². The van der Waals surface area contributed by atoms with Crippen LogP contribution in [0.3, 0.4) is 0 Å². The second-order valence-electron chi connectivity index (χ2n) is 12.8. The van der Waals surface area contributed by atoms with Crippen LogP contribution in [-0.4, -0.2) is 4.98 Å². The topological polar surface area (TPSA) is 29.3 Å². The van der Waals surface area contributed by atoms with E-state index in [1.54, 1.807) is 0 Å². The lowest BCUT2D eigenvalue weighted by Gasteiger charge is -2.30. The summed E-state index contributed by atoms with van der Waals surface area (Å²) in [5, 5.41) is 2.14. The Bertz CT molecular complexity index is 2440. The van der Waals surface area contributed by atoms with Crippen LogP contribution in [0.15, 0.2) is 162 Å². The first-order valence-corrected chi connectivity index (χ1v) is 16.1. The lowest BCUT2D eigenvalue weighted by molar-refractivity contribution is 0.623. The zero-order valence-electron chi connectivity index (χ0n) is 26.3. The molecule has 0 N–H and O–H groups in total. The fraction of sp³-hybridized carbons (Fsp3) is 0.0682. The summed E-state index contributed by atoms with van der Waals surface area (Å²) in [6.07, 6.45) is 0. The number of hydrogen-bond donors (Lipinski definition) is 0. The van der Waals surface area contributed by atoms with Gasteiger partial charge in [-0.2, -0.15) is 0 Å². The number of fused-ring (bicyclic) bond motifs is 6. The van der Waals surface area contributed by atoms with E-state index in [0.29, 0.717) is 5.89 Å². The highest BCUT2D eigenvalue weighted by molar-refractivity contribution is 6.05. The second-order valence-corrected chi connectivity index (χ2v) is 12.8. The molecule has 9 rings (SSSR count). The van der Waals surface area contributed by atoms with Gasteiger partial charge >= 0.3 is 0 Å². The Hall–Kier alpha value is -5.93. The minimum Gasteiger partial charge on any atom is -0.435 e. The van der Waals surface area contributed by atoms with Crippen molar-refractivity contribution >= 4 is 38.9 Å². The molecule has 0 unspecified atom stereocenters. The Kier molecular flexibility index (Phi) is 6.16. The van der Waals surface area contributed by atoms with Crippen molar-refractivity contribution in [3.63, 3.8) is 0 Å². The Labute approximate surface area is 274 Å². The first-order chi connectivity index (χ1) is 23.1. The van der Waals surface area contributed by atoms with Gasteiger partial charge in [0.05, 0.1) is 5.69 Å². The zero-order chi connectivity index (χ0) is 31.5. The normalized spacial score (nSPS) is 13.1. The van der Waals surface area contributed by atoms with Crippen molar-refractivity contribution in [1.29, 1.82) is 0 Å². The molecule has 1 aliphatic carbocycles. The molecule has 0 fully saturated rings. The SMILES string of the molecule is CC1(C)c2ccccc2-c2ccc(N(c3ccc4c(ccc5nc(-c6ccccc6)oc54)c3)c3ccccc3-c3ccccc3)cc21. The second kappa shape index (κ2) is 10.6. The zero-order valence-corrected chi connectivity index (χ0v) is 26.3. The van der Waals surface area contributed by atoms with Gasteiger partial charge in [0.25, 0.3) is 0 Å². The standard InChI is InChI=1S/C44H32N2O/c1-44(2)38-19-11-9-18-36(38)37-25-23-33(28-39(37)44)46(41-20-12-10-17-34(41)29-13-5-3-6-14-29)32-22-24-35-31(27-32)21-26-40-42(35)47-43(45-40)30-15-7-4-8-16-30/h3-28H,1-2H3. The number of rotatable bonds is 5. The third-order valence-electron chi connectivity index (χ3n) is 9.69. The Morgan fingerprint density at radius 3 is 1.98 bits per heavy atom. The van der Waals surface area contributed by atoms with Crippen molar-refractivity contribution in [1.82, 2.24) is 4.98 Å². The summed E-state index contributed by atoms with van der Waals surface area (Å²) in [6.45, 7) is 4.68. The van der Waals surface area contributed by atoms with Gasteiger partial charge in [0.2, 0.25) is 5.89 Å². The van der Waals surface area contributed by atoms with E-state index in [9.17, 15) is 0 Å². The van der Waals surface area contributed by atoms with Crippen LogP contribution >= 0.6 is 0 Å². The molecule has 0 bridgehead atoms. The molecule has 0 radical (unpaired) electrons. The van der Waals surface area contributed by atoms with Gasteiger partial charge in [-0.1, -0.05) is 117 Å². The molecule has 1 aliphatic rings. The molecule has 47 heavy (non-hydrogen) atoms. The average molecular weight is 605 g/mol. The first kappa shape index (κ1) is 27.4. The van der Waals surface area contributed by atoms with Crippen LogP contribution in [0.25, 0.3) is 55.6 Å². The molecule has 1 heterocycles. The summed E-state index contributed by atoms with van der Waals surface area (Å²) in [5.41, 5.74) is 13.6. The predicted octanol–water partition coefficient (Wildman–Crippen LogP) is 12.1. The lowest BCUT2D eigenvalue weighted by Crippen LogP contribution is -2.16. The first-order valence-electron chi connectivity index (χ1n) is 16.1. The summed E-state index contributed by atoms with van der Waals surface area (Å²) in [6, 6.07) is 56.1. The number of nitrogens with zero attached hydrogens (tertiary/aromatic N) is 2. The van der Waals surface area contributed by atoms with Gasteiger partial charge in [-0.25, -0.2) is 4.98 Å². The Morgan fingerprint density at radius 1 is 0.532 bits per heavy atom. The van der Waals surface area contributed by atoms with Gasteiger partial charge in [-0.3, -0.25) is 0 Å². The van der Waals surface area contributed by atoms with Crippen molar-refractivity contribution in [2.45, 2.75) is 19.3 Å². The number of hydrogen-bond acceptors (Lipinski definition) is 3. The maximum Gasteiger partial charge on any atom is 0.227 e. The largest absolute Gasteiger partial charge is 0.435 e. The molecule has 3 nitrogen and oxygen atoms in total. The molecule has 0 amide bonds. The molecule has 7 aromatic carbocycles. The quantitative estimate of drug-likeness (QED) is 0.196. The minimum absolute atomic E-state index is 0.107. The molecule has 0 spiro atoms. The third kappa shape index (κ3) is 4.39. The Morgan fingerprint density at radius 2 is 1.17 bits per heavy atom. The molecule has 3 heteroatoms. The van der Waals surface area contributed by atoms with E-state index < -0.39 is 0 Å². The highest BCUT2D eigenvalue weighted by atomic mass is 16.3. The summed E-state index contributed by atoms with van der Waals surface area (Å²) < 4.78 is 6.39. The van der Waals surface area contributed by atoms with Gasteiger partial charge in [-0.05, 0) is 87.8 Å². The molecule has 224 valence electrons. The molecule has 1 aromatic heterocycles. The van der Waals surface area contributed by atoms with Gasteiger partial charge in [0.1, 0.15) is 5.52 Å². The number of anilines is 3. The van der Waals surface area contributed by atoms with Crippen molar-refractivity contribution in [3.05, 3.63) is 169 Å². The maximum absolute atomic E-state index is 6.39. The number of benzene rings is 7. The number of para-hydroxylation sites is 1. The van der Waals surface area contributed by atoms with E-state index >= 15 is 0 Å². The highest BCUT2D eigenvalue weighted by Gasteiger charge is 2.35. The van der Waals surface area contributed by atoms with Crippen molar-refractivity contribution in [2.75, 3.05) is 4.90 Å². The number of aromatic nitrogens is 1. The predicted molar refractivity (Wildman–Crippen MR) is 195 cm³/mol. The smallest absolute Gasteiger partial charge is 0.227 e. The van der Waals surface area contributed by atoms with Gasteiger partial charge in [0, 0.05) is 33.3 Å². The monoisotopic (exact) mass is 604 g/mol. The van der Waals surface area contributed by atoms with E-state index in [0.717, 1.165) is 44.5 Å². The lowest BCUT2D eigenvalue weighted by atomic mass is 9.82. The van der Waals surface area contributed by atoms with Crippen LogP contribution in [-0.2, 0) is 5.41 Å². The molecule has 0 aliphatic heterocycles. The fourth-order valence-electron chi connectivity index (χ4n) is 7.33. The van der Waals surface area contributed by atoms with Crippen LogP contribution in [0.5, 0.6) is 0 Å². The number of oxazole rings is 1. The van der Waals surface area contributed by atoms with Gasteiger partial charge in [-0.15, -0.1) is 0 Å². The van der Waals surface area contributed by atoms with Crippen LogP contribution in [0.2, 0.25) is 0 Å². The molecule has 0 atom stereocenters. The van der Waals surface area contributed by atoms with Crippen LogP contribution in [0.4, 0.5) is 17.1 Å². The van der Waals surface area contributed by atoms with E-state index in [4.69, 9.17) is 9.40 Å². The third-order valence-corrected chi connectivity index (χ3v) is 9.69. The summed E-state index contributed by atoms with van der Waals surface area (Å²) in [4.78, 5) is 7.22. The van der Waals surface area contributed by atoms with E-state index in [1.807, 2.05) is 30.3 Å².